The topological polar surface area (TPSA) is 0 Å². The van der Waals surface area contributed by atoms with Crippen LogP contribution in [0.3, 0.4) is 0 Å². The molecule has 0 N–H and O–H groups in total. The Hall–Kier alpha value is 2.14. The van der Waals surface area contributed by atoms with Crippen LogP contribution in [0.1, 0.15) is 0 Å². The van der Waals surface area contributed by atoms with E-state index in [9.17, 15) is 0 Å². The molecule has 0 atom stereocenters. The predicted octanol–water partition coefficient (Wildman–Crippen LogP) is 4.50. The molecule has 0 aliphatic heterocycles. The van der Waals surface area contributed by atoms with Crippen LogP contribution >= 0.6 is 79.6 Å². The van der Waals surface area contributed by atoms with Gasteiger partial charge >= 0.3 is 0 Å². The van der Waals surface area contributed by atoms with Gasteiger partial charge in [-0.15, -0.1) is 0 Å². The van der Waals surface area contributed by atoms with Gasteiger partial charge in [0, 0.05) is 5.33 Å². The van der Waals surface area contributed by atoms with Gasteiger partial charge in [0.1, 0.15) is 0 Å². The highest BCUT2D eigenvalue weighted by atomic mass is 79.9. The summed E-state index contributed by atoms with van der Waals surface area (Å²) in [6.07, 6.45) is 0. The second-order valence-electron chi connectivity index (χ2n) is 1.22. The van der Waals surface area contributed by atoms with Crippen molar-refractivity contribution in [3.8, 4) is 0 Å². The Bertz CT molecular complexity index is 112. The van der Waals surface area contributed by atoms with Crippen molar-refractivity contribution < 1.29 is 0 Å². The molecule has 0 nitrogen and oxygen atoms in total. The molecule has 0 saturated carbocycles. The van der Waals surface area contributed by atoms with Gasteiger partial charge in [-0.3, -0.25) is 0 Å². The quantitative estimate of drug-likeness (QED) is 0.544. The van der Waals surface area contributed by atoms with Gasteiger partial charge in [0.2, 0.25) is 0 Å². The molecular formula is C4H3Br5. The van der Waals surface area contributed by atoms with Crippen LogP contribution in [0.25, 0.3) is 0 Å². The number of hydrogen-bond donors (Lipinski definition) is 0. The summed E-state index contributed by atoms with van der Waals surface area (Å²) >= 11 is 16.7. The third kappa shape index (κ3) is 4.56. The highest BCUT2D eigenvalue weighted by Crippen LogP contribution is 2.29. The fraction of sp³-hybridized carbons (Fsp3) is 0.500. The molecule has 0 amide bonds. The fourth-order valence-electron chi connectivity index (χ4n) is 0.191. The molecule has 0 unspecified atom stereocenters. The van der Waals surface area contributed by atoms with Crippen LogP contribution in [-0.2, 0) is 0 Å². The van der Waals surface area contributed by atoms with E-state index in [1.54, 1.807) is 0 Å². The van der Waals surface area contributed by atoms with E-state index in [1.165, 1.54) is 5.57 Å². The van der Waals surface area contributed by atoms with E-state index >= 15 is 0 Å². The Morgan fingerprint density at radius 3 is 1.67 bits per heavy atom. The number of allylic oxidation sites excluding steroid dienone is 1. The summed E-state index contributed by atoms with van der Waals surface area (Å²) in [5.41, 5.74) is 1.19. The Kier molecular flexibility index (Phi) is 7.11. The second-order valence-corrected chi connectivity index (χ2v) is 7.49. The highest BCUT2D eigenvalue weighted by Gasteiger charge is 2.07. The predicted molar refractivity (Wildman–Crippen MR) is 60.3 cm³/mol. The van der Waals surface area contributed by atoms with E-state index in [0.717, 1.165) is 8.72 Å². The lowest BCUT2D eigenvalue weighted by Gasteiger charge is -2.03. The van der Waals surface area contributed by atoms with Gasteiger partial charge in [0.25, 0.3) is 0 Å². The lowest BCUT2D eigenvalue weighted by Crippen LogP contribution is -1.93. The lowest BCUT2D eigenvalue weighted by molar-refractivity contribution is 1.43. The van der Waals surface area contributed by atoms with E-state index in [-0.39, 0.29) is 3.74 Å². The maximum Gasteiger partial charge on any atom is 0.0933 e. The van der Waals surface area contributed by atoms with Crippen molar-refractivity contribution in [1.82, 2.24) is 0 Å². The summed E-state index contributed by atoms with van der Waals surface area (Å²) < 4.78 is 1.20. The van der Waals surface area contributed by atoms with Crippen molar-refractivity contribution in [2.24, 2.45) is 0 Å². The van der Waals surface area contributed by atoms with Crippen LogP contribution in [0.15, 0.2) is 8.96 Å². The number of rotatable bonds is 2. The maximum atomic E-state index is 3.37. The first kappa shape index (κ1) is 11.1. The SMILES string of the molecule is BrCC(=C(Br)Br)C(Br)Br. The smallest absolute Gasteiger partial charge is 0.0878 e. The van der Waals surface area contributed by atoms with Gasteiger partial charge in [0.05, 0.1) is 7.13 Å². The van der Waals surface area contributed by atoms with Gasteiger partial charge in [0.15, 0.2) is 0 Å². The Balaban J connectivity index is 4.16. The fourth-order valence-corrected chi connectivity index (χ4v) is 5.17. The molecule has 0 spiro atoms. The zero-order valence-corrected chi connectivity index (χ0v) is 12.1. The van der Waals surface area contributed by atoms with Crippen molar-refractivity contribution in [3.05, 3.63) is 8.96 Å². The molecule has 0 radical (unpaired) electrons. The molecule has 0 bridgehead atoms. The Morgan fingerprint density at radius 1 is 1.22 bits per heavy atom. The zero-order valence-electron chi connectivity index (χ0n) is 4.17. The molecule has 0 aliphatic carbocycles. The van der Waals surface area contributed by atoms with Crippen LogP contribution in [0.2, 0.25) is 0 Å². The first-order chi connectivity index (χ1) is 4.09. The molecule has 0 fully saturated rings. The first-order valence-electron chi connectivity index (χ1n) is 1.97. The van der Waals surface area contributed by atoms with Crippen molar-refractivity contribution in [2.75, 3.05) is 5.33 Å². The van der Waals surface area contributed by atoms with Crippen molar-refractivity contribution in [3.63, 3.8) is 0 Å². The Labute approximate surface area is 96.5 Å². The number of halogens is 5. The summed E-state index contributed by atoms with van der Waals surface area (Å²) in [7, 11) is 0. The summed E-state index contributed by atoms with van der Waals surface area (Å²) in [5, 5.41) is 0.833. The molecule has 5 heteroatoms. The average Bonchev–Trinajstić information content (AvgIpc) is 1.64. The molecule has 54 valence electrons. The van der Waals surface area contributed by atoms with Crippen LogP contribution in [-0.4, -0.2) is 9.07 Å². The number of alkyl halides is 3. The van der Waals surface area contributed by atoms with Gasteiger partial charge in [-0.25, -0.2) is 0 Å². The van der Waals surface area contributed by atoms with E-state index in [0.29, 0.717) is 0 Å². The molecule has 0 aromatic rings. The molecule has 0 heterocycles. The Morgan fingerprint density at radius 2 is 1.67 bits per heavy atom. The molecular weight excluding hydrogens is 448 g/mol. The van der Waals surface area contributed by atoms with Crippen LogP contribution in [0, 0.1) is 0 Å². The van der Waals surface area contributed by atoms with E-state index in [1.807, 2.05) is 0 Å². The third-order valence-electron chi connectivity index (χ3n) is 0.650. The summed E-state index contributed by atoms with van der Waals surface area (Å²) in [6, 6.07) is 0. The molecule has 0 aromatic heterocycles. The minimum absolute atomic E-state index is 0.220. The largest absolute Gasteiger partial charge is 0.0933 e. The number of hydrogen-bond acceptors (Lipinski definition) is 0. The second kappa shape index (κ2) is 5.75. The molecule has 0 aromatic carbocycles. The summed E-state index contributed by atoms with van der Waals surface area (Å²) in [6.45, 7) is 0. The van der Waals surface area contributed by atoms with E-state index in [4.69, 9.17) is 0 Å². The standard InChI is InChI=1S/C4H3Br5/c5-1-2(3(6)7)4(8)9/h3H,1H2. The molecule has 0 rings (SSSR count). The van der Waals surface area contributed by atoms with E-state index < -0.39 is 0 Å². The average molecular weight is 451 g/mol. The summed E-state index contributed by atoms with van der Waals surface area (Å²) in [5.74, 6) is 0. The van der Waals surface area contributed by atoms with Gasteiger partial charge < -0.3 is 0 Å². The van der Waals surface area contributed by atoms with E-state index in [2.05, 4.69) is 79.6 Å². The summed E-state index contributed by atoms with van der Waals surface area (Å²) in [4.78, 5) is 0. The van der Waals surface area contributed by atoms with Gasteiger partial charge in [-0.2, -0.15) is 0 Å². The van der Waals surface area contributed by atoms with Crippen molar-refractivity contribution in [1.29, 1.82) is 0 Å². The molecule has 9 heavy (non-hydrogen) atoms. The minimum Gasteiger partial charge on any atom is -0.0878 e. The van der Waals surface area contributed by atoms with Crippen molar-refractivity contribution in [2.45, 2.75) is 3.74 Å². The highest BCUT2D eigenvalue weighted by molar-refractivity contribution is 9.28. The maximum absolute atomic E-state index is 3.37. The molecule has 0 aliphatic rings. The van der Waals surface area contributed by atoms with Gasteiger partial charge in [-0.05, 0) is 37.4 Å². The van der Waals surface area contributed by atoms with Crippen LogP contribution in [0.4, 0.5) is 0 Å². The zero-order chi connectivity index (χ0) is 7.44. The first-order valence-corrected chi connectivity index (χ1v) is 6.51. The monoisotopic (exact) mass is 446 g/mol. The van der Waals surface area contributed by atoms with Crippen LogP contribution < -0.4 is 0 Å². The molecule has 0 saturated heterocycles. The lowest BCUT2D eigenvalue weighted by atomic mass is 10.4. The normalized spacial score (nSPS) is 10.0. The van der Waals surface area contributed by atoms with Crippen LogP contribution in [0.5, 0.6) is 0 Å². The van der Waals surface area contributed by atoms with Crippen molar-refractivity contribution >= 4 is 79.6 Å². The third-order valence-corrected chi connectivity index (χ3v) is 3.38. The minimum atomic E-state index is 0.220. The van der Waals surface area contributed by atoms with Gasteiger partial charge in [-0.1, -0.05) is 47.8 Å².